The molecule has 0 aliphatic carbocycles. The van der Waals surface area contributed by atoms with Crippen molar-refractivity contribution in [3.05, 3.63) is 60.2 Å². The van der Waals surface area contributed by atoms with Crippen LogP contribution in [0, 0.1) is 0 Å². The highest BCUT2D eigenvalue weighted by molar-refractivity contribution is 7.91. The van der Waals surface area contributed by atoms with Gasteiger partial charge in [0, 0.05) is 31.9 Å². The fraction of sp³-hybridized carbons (Fsp3) is 0.435. The molecule has 4 rings (SSSR count). The van der Waals surface area contributed by atoms with E-state index in [2.05, 4.69) is 5.32 Å². The molecule has 0 saturated carbocycles. The fourth-order valence-corrected chi connectivity index (χ4v) is 7.07. The quantitative estimate of drug-likeness (QED) is 0.665. The number of benzene rings is 2. The standard InChI is InChI=1S/C23H29N3O5S2/c27-23(22(19-7-3-1-4-8-19)25-15-17-32(28,29)18-16-25)24-20-9-11-21(12-10-20)33(30,31)26-13-5-2-6-14-26/h1,3-4,7-12,22H,2,5-6,13-18H2,(H,24,27). The largest absolute Gasteiger partial charge is 0.324 e. The third-order valence-corrected chi connectivity index (χ3v) is 9.70. The second kappa shape index (κ2) is 9.92. The van der Waals surface area contributed by atoms with Crippen LogP contribution in [0.1, 0.15) is 30.9 Å². The van der Waals surface area contributed by atoms with Gasteiger partial charge in [-0.15, -0.1) is 0 Å². The van der Waals surface area contributed by atoms with Crippen molar-refractivity contribution >= 4 is 31.5 Å². The van der Waals surface area contributed by atoms with Crippen molar-refractivity contribution in [2.45, 2.75) is 30.2 Å². The Bertz CT molecular complexity index is 1160. The summed E-state index contributed by atoms with van der Waals surface area (Å²) in [7, 11) is -6.62. The molecule has 1 N–H and O–H groups in total. The number of anilines is 1. The topological polar surface area (TPSA) is 104 Å². The first kappa shape index (κ1) is 23.9. The predicted octanol–water partition coefficient (Wildman–Crippen LogP) is 2.27. The summed E-state index contributed by atoms with van der Waals surface area (Å²) in [4.78, 5) is 15.4. The second-order valence-electron chi connectivity index (χ2n) is 8.48. The van der Waals surface area contributed by atoms with Gasteiger partial charge in [0.2, 0.25) is 15.9 Å². The molecule has 0 radical (unpaired) electrons. The molecule has 1 atom stereocenters. The molecule has 2 aliphatic rings. The Morgan fingerprint density at radius 1 is 0.848 bits per heavy atom. The zero-order valence-corrected chi connectivity index (χ0v) is 20.0. The highest BCUT2D eigenvalue weighted by Crippen LogP contribution is 2.26. The molecule has 2 fully saturated rings. The second-order valence-corrected chi connectivity index (χ2v) is 12.7. The van der Waals surface area contributed by atoms with E-state index in [4.69, 9.17) is 0 Å². The average molecular weight is 492 g/mol. The number of piperidine rings is 1. The minimum absolute atomic E-state index is 0.0205. The lowest BCUT2D eigenvalue weighted by molar-refractivity contribution is -0.121. The van der Waals surface area contributed by atoms with Crippen LogP contribution in [-0.4, -0.2) is 69.6 Å². The van der Waals surface area contributed by atoms with Crippen molar-refractivity contribution in [3.8, 4) is 0 Å². The first-order valence-electron chi connectivity index (χ1n) is 11.2. The van der Waals surface area contributed by atoms with Gasteiger partial charge in [-0.3, -0.25) is 9.69 Å². The molecule has 2 aliphatic heterocycles. The Kier molecular flexibility index (Phi) is 7.18. The Labute approximate surface area is 195 Å². The predicted molar refractivity (Wildman–Crippen MR) is 127 cm³/mol. The van der Waals surface area contributed by atoms with Crippen molar-refractivity contribution in [1.29, 1.82) is 0 Å². The molecular weight excluding hydrogens is 462 g/mol. The third kappa shape index (κ3) is 5.63. The summed E-state index contributed by atoms with van der Waals surface area (Å²) in [5.41, 5.74) is 1.27. The normalized spacial score (nSPS) is 20.7. The van der Waals surface area contributed by atoms with Crippen molar-refractivity contribution in [2.75, 3.05) is 43.0 Å². The van der Waals surface area contributed by atoms with Gasteiger partial charge in [-0.2, -0.15) is 4.31 Å². The number of nitrogens with one attached hydrogen (secondary N) is 1. The zero-order chi connectivity index (χ0) is 23.5. The maximum absolute atomic E-state index is 13.3. The first-order valence-corrected chi connectivity index (χ1v) is 14.4. The number of hydrogen-bond donors (Lipinski definition) is 1. The van der Waals surface area contributed by atoms with Gasteiger partial charge in [0.1, 0.15) is 6.04 Å². The average Bonchev–Trinajstić information content (AvgIpc) is 2.82. The SMILES string of the molecule is O=C(Nc1ccc(S(=O)(=O)N2CCCCC2)cc1)C(c1ccccc1)N1CCS(=O)(=O)CC1. The minimum Gasteiger partial charge on any atom is -0.324 e. The number of rotatable bonds is 6. The van der Waals surface area contributed by atoms with Crippen LogP contribution in [0.3, 0.4) is 0 Å². The molecule has 2 aromatic rings. The van der Waals surface area contributed by atoms with Gasteiger partial charge in [0.25, 0.3) is 0 Å². The molecule has 8 nitrogen and oxygen atoms in total. The van der Waals surface area contributed by atoms with E-state index in [0.717, 1.165) is 24.8 Å². The number of amides is 1. The molecule has 178 valence electrons. The lowest BCUT2D eigenvalue weighted by Gasteiger charge is -2.33. The molecule has 33 heavy (non-hydrogen) atoms. The number of nitrogens with zero attached hydrogens (tertiary/aromatic N) is 2. The summed E-state index contributed by atoms with van der Waals surface area (Å²) in [6.07, 6.45) is 2.78. The van der Waals surface area contributed by atoms with Crippen LogP contribution in [-0.2, 0) is 24.7 Å². The van der Waals surface area contributed by atoms with Gasteiger partial charge >= 0.3 is 0 Å². The van der Waals surface area contributed by atoms with Crippen LogP contribution in [0.15, 0.2) is 59.5 Å². The molecule has 0 aromatic heterocycles. The molecule has 2 saturated heterocycles. The van der Waals surface area contributed by atoms with E-state index in [1.165, 1.54) is 16.4 Å². The van der Waals surface area contributed by atoms with Gasteiger partial charge in [0.05, 0.1) is 16.4 Å². The summed E-state index contributed by atoms with van der Waals surface area (Å²) in [6, 6.07) is 14.8. The van der Waals surface area contributed by atoms with Crippen LogP contribution in [0.5, 0.6) is 0 Å². The van der Waals surface area contributed by atoms with E-state index in [9.17, 15) is 21.6 Å². The number of carbonyl (C=O) groups excluding carboxylic acids is 1. The fourth-order valence-electron chi connectivity index (χ4n) is 4.32. The van der Waals surface area contributed by atoms with Crippen LogP contribution in [0.4, 0.5) is 5.69 Å². The third-order valence-electron chi connectivity index (χ3n) is 6.18. The lowest BCUT2D eigenvalue weighted by Crippen LogP contribution is -2.46. The number of sulfonamides is 1. The van der Waals surface area contributed by atoms with Crippen LogP contribution in [0.25, 0.3) is 0 Å². The van der Waals surface area contributed by atoms with E-state index in [1.807, 2.05) is 35.2 Å². The zero-order valence-electron chi connectivity index (χ0n) is 18.4. The number of hydrogen-bond acceptors (Lipinski definition) is 6. The van der Waals surface area contributed by atoms with Gasteiger partial charge in [0.15, 0.2) is 9.84 Å². The van der Waals surface area contributed by atoms with E-state index in [-0.39, 0.29) is 35.4 Å². The van der Waals surface area contributed by atoms with Gasteiger partial charge < -0.3 is 5.32 Å². The summed E-state index contributed by atoms with van der Waals surface area (Å²) in [6.45, 7) is 1.63. The molecule has 0 bridgehead atoms. The summed E-state index contributed by atoms with van der Waals surface area (Å²) in [5.74, 6) is -0.244. The molecular formula is C23H29N3O5S2. The van der Waals surface area contributed by atoms with Gasteiger partial charge in [-0.05, 0) is 42.7 Å². The lowest BCUT2D eigenvalue weighted by atomic mass is 10.0. The van der Waals surface area contributed by atoms with Crippen LogP contribution >= 0.6 is 0 Å². The van der Waals surface area contributed by atoms with E-state index in [0.29, 0.717) is 18.8 Å². The Hall–Kier alpha value is -2.27. The van der Waals surface area contributed by atoms with Gasteiger partial charge in [-0.25, -0.2) is 16.8 Å². The van der Waals surface area contributed by atoms with E-state index >= 15 is 0 Å². The number of sulfone groups is 1. The van der Waals surface area contributed by atoms with Crippen LogP contribution in [0.2, 0.25) is 0 Å². The Balaban J connectivity index is 1.51. The van der Waals surface area contributed by atoms with Crippen molar-refractivity contribution in [2.24, 2.45) is 0 Å². The summed E-state index contributed by atoms with van der Waals surface area (Å²) >= 11 is 0. The highest BCUT2D eigenvalue weighted by atomic mass is 32.2. The van der Waals surface area contributed by atoms with Crippen molar-refractivity contribution < 1.29 is 21.6 Å². The van der Waals surface area contributed by atoms with Crippen LogP contribution < -0.4 is 5.32 Å². The number of carbonyl (C=O) groups is 1. The van der Waals surface area contributed by atoms with Crippen molar-refractivity contribution in [3.63, 3.8) is 0 Å². The van der Waals surface area contributed by atoms with E-state index < -0.39 is 25.9 Å². The molecule has 1 unspecified atom stereocenters. The summed E-state index contributed by atoms with van der Waals surface area (Å²) < 4.78 is 51.0. The first-order chi connectivity index (χ1) is 15.8. The smallest absolute Gasteiger partial charge is 0.246 e. The maximum Gasteiger partial charge on any atom is 0.246 e. The monoisotopic (exact) mass is 491 g/mol. The summed E-state index contributed by atoms with van der Waals surface area (Å²) in [5, 5.41) is 2.88. The maximum atomic E-state index is 13.3. The molecule has 0 spiro atoms. The van der Waals surface area contributed by atoms with E-state index in [1.54, 1.807) is 12.1 Å². The minimum atomic E-state index is -3.54. The Morgan fingerprint density at radius 3 is 2.06 bits per heavy atom. The molecule has 1 amide bonds. The molecule has 2 heterocycles. The Morgan fingerprint density at radius 2 is 1.45 bits per heavy atom. The van der Waals surface area contributed by atoms with Gasteiger partial charge in [-0.1, -0.05) is 36.8 Å². The molecule has 2 aromatic carbocycles. The highest BCUT2D eigenvalue weighted by Gasteiger charge is 2.32. The molecule has 10 heteroatoms. The van der Waals surface area contributed by atoms with Crippen molar-refractivity contribution in [1.82, 2.24) is 9.21 Å².